The third-order valence-electron chi connectivity index (χ3n) is 2.04. The highest BCUT2D eigenvalue weighted by atomic mass is 32.2. The van der Waals surface area contributed by atoms with Gasteiger partial charge in [-0.3, -0.25) is 9.79 Å². The third-order valence-corrected chi connectivity index (χ3v) is 2.93. The zero-order valence-electron chi connectivity index (χ0n) is 8.72. The molecule has 1 amide bonds. The highest BCUT2D eigenvalue weighted by molar-refractivity contribution is 8.14. The first kappa shape index (κ1) is 11.0. The maximum Gasteiger partial charge on any atom is 0.249 e. The molecule has 0 fully saturated rings. The summed E-state index contributed by atoms with van der Waals surface area (Å²) in [6, 6.07) is 9.72. The molecule has 16 heavy (non-hydrogen) atoms. The minimum Gasteiger partial charge on any atom is -0.302 e. The number of nitrogens with zero attached hydrogens (tertiary/aromatic N) is 1. The van der Waals surface area contributed by atoms with Gasteiger partial charge in [0.15, 0.2) is 5.17 Å². The van der Waals surface area contributed by atoms with Gasteiger partial charge >= 0.3 is 0 Å². The summed E-state index contributed by atoms with van der Waals surface area (Å²) in [4.78, 5) is 15.6. The summed E-state index contributed by atoms with van der Waals surface area (Å²) in [5.41, 5.74) is 1.01. The van der Waals surface area contributed by atoms with Gasteiger partial charge in [0.2, 0.25) is 5.91 Å². The molecule has 0 aromatic heterocycles. The normalized spacial score (nSPS) is 15.1. The van der Waals surface area contributed by atoms with Gasteiger partial charge in [0.1, 0.15) is 0 Å². The van der Waals surface area contributed by atoms with Crippen molar-refractivity contribution in [3.8, 4) is 0 Å². The molecule has 0 saturated carbocycles. The van der Waals surface area contributed by atoms with Crippen LogP contribution in [0.25, 0.3) is 6.08 Å². The lowest BCUT2D eigenvalue weighted by molar-refractivity contribution is -0.115. The summed E-state index contributed by atoms with van der Waals surface area (Å²) in [6.45, 7) is 0.794. The molecule has 1 heterocycles. The maximum absolute atomic E-state index is 11.5. The predicted octanol–water partition coefficient (Wildman–Crippen LogP) is 1.92. The molecule has 0 unspecified atom stereocenters. The van der Waals surface area contributed by atoms with Gasteiger partial charge in [0, 0.05) is 11.8 Å². The molecule has 2 rings (SSSR count). The highest BCUT2D eigenvalue weighted by Gasteiger charge is 2.08. The quantitative estimate of drug-likeness (QED) is 0.791. The van der Waals surface area contributed by atoms with E-state index in [-0.39, 0.29) is 5.91 Å². The lowest BCUT2D eigenvalue weighted by Crippen LogP contribution is -2.25. The number of rotatable bonds is 2. The van der Waals surface area contributed by atoms with E-state index in [1.54, 1.807) is 17.8 Å². The van der Waals surface area contributed by atoms with Crippen LogP contribution in [0, 0.1) is 0 Å². The van der Waals surface area contributed by atoms with E-state index in [1.165, 1.54) is 6.08 Å². The molecule has 1 aromatic carbocycles. The van der Waals surface area contributed by atoms with Crippen LogP contribution in [-0.4, -0.2) is 23.4 Å². The van der Waals surface area contributed by atoms with Crippen LogP contribution in [0.2, 0.25) is 0 Å². The number of carbonyl (C=O) groups is 1. The number of benzene rings is 1. The SMILES string of the molecule is O=C(/C=C/c1ccccc1)NC1=NCCS1. The fourth-order valence-electron chi connectivity index (χ4n) is 1.29. The molecule has 0 radical (unpaired) electrons. The van der Waals surface area contributed by atoms with Crippen molar-refractivity contribution in [1.82, 2.24) is 5.32 Å². The Morgan fingerprint density at radius 3 is 2.88 bits per heavy atom. The molecule has 1 aromatic rings. The standard InChI is InChI=1S/C12H12N2OS/c15-11(14-12-13-8-9-16-12)7-6-10-4-2-1-3-5-10/h1-7H,8-9H2,(H,13,14,15)/b7-6+. The van der Waals surface area contributed by atoms with Crippen molar-refractivity contribution in [3.63, 3.8) is 0 Å². The Labute approximate surface area is 98.7 Å². The van der Waals surface area contributed by atoms with Crippen LogP contribution in [0.4, 0.5) is 0 Å². The van der Waals surface area contributed by atoms with Crippen molar-refractivity contribution < 1.29 is 4.79 Å². The van der Waals surface area contributed by atoms with Gasteiger partial charge < -0.3 is 5.32 Å². The van der Waals surface area contributed by atoms with E-state index in [4.69, 9.17) is 0 Å². The van der Waals surface area contributed by atoms with Gasteiger partial charge in [0.05, 0.1) is 6.54 Å². The largest absolute Gasteiger partial charge is 0.302 e. The van der Waals surface area contributed by atoms with Gasteiger partial charge in [-0.25, -0.2) is 0 Å². The summed E-state index contributed by atoms with van der Waals surface area (Å²) in [5.74, 6) is 0.829. The van der Waals surface area contributed by atoms with Gasteiger partial charge in [-0.2, -0.15) is 0 Å². The van der Waals surface area contributed by atoms with Gasteiger partial charge in [0.25, 0.3) is 0 Å². The topological polar surface area (TPSA) is 41.5 Å². The molecule has 1 aliphatic heterocycles. The molecule has 1 N–H and O–H groups in total. The second kappa shape index (κ2) is 5.51. The molecule has 1 aliphatic rings. The van der Waals surface area contributed by atoms with Crippen LogP contribution in [0.15, 0.2) is 41.4 Å². The number of amides is 1. The summed E-state index contributed by atoms with van der Waals surface area (Å²) in [6.07, 6.45) is 3.31. The van der Waals surface area contributed by atoms with Gasteiger partial charge in [-0.15, -0.1) is 0 Å². The first-order valence-electron chi connectivity index (χ1n) is 5.06. The summed E-state index contributed by atoms with van der Waals surface area (Å²) >= 11 is 1.58. The summed E-state index contributed by atoms with van der Waals surface area (Å²) < 4.78 is 0. The van der Waals surface area contributed by atoms with E-state index in [2.05, 4.69) is 10.3 Å². The predicted molar refractivity (Wildman–Crippen MR) is 68.4 cm³/mol. The number of amidine groups is 1. The van der Waals surface area contributed by atoms with E-state index in [1.807, 2.05) is 30.3 Å². The van der Waals surface area contributed by atoms with Gasteiger partial charge in [-0.05, 0) is 11.6 Å². The Hall–Kier alpha value is -1.55. The van der Waals surface area contributed by atoms with Crippen molar-refractivity contribution >= 4 is 28.9 Å². The Bertz CT molecular complexity index is 426. The maximum atomic E-state index is 11.5. The summed E-state index contributed by atoms with van der Waals surface area (Å²) in [5, 5.41) is 3.46. The molecule has 82 valence electrons. The zero-order valence-corrected chi connectivity index (χ0v) is 9.54. The van der Waals surface area contributed by atoms with Crippen LogP contribution >= 0.6 is 11.8 Å². The second-order valence-electron chi connectivity index (χ2n) is 3.27. The second-order valence-corrected chi connectivity index (χ2v) is 4.35. The molecular weight excluding hydrogens is 220 g/mol. The van der Waals surface area contributed by atoms with Crippen molar-refractivity contribution in [2.75, 3.05) is 12.3 Å². The number of carbonyl (C=O) groups excluding carboxylic acids is 1. The van der Waals surface area contributed by atoms with E-state index in [0.29, 0.717) is 0 Å². The number of hydrogen-bond donors (Lipinski definition) is 1. The van der Waals surface area contributed by atoms with Crippen molar-refractivity contribution in [2.45, 2.75) is 0 Å². The first-order valence-corrected chi connectivity index (χ1v) is 6.04. The third kappa shape index (κ3) is 3.24. The first-order chi connectivity index (χ1) is 7.84. The van der Waals surface area contributed by atoms with E-state index in [9.17, 15) is 4.79 Å². The molecule has 0 saturated heterocycles. The van der Waals surface area contributed by atoms with E-state index < -0.39 is 0 Å². The number of nitrogens with one attached hydrogen (secondary N) is 1. The van der Waals surface area contributed by atoms with Crippen molar-refractivity contribution in [1.29, 1.82) is 0 Å². The van der Waals surface area contributed by atoms with Crippen molar-refractivity contribution in [3.05, 3.63) is 42.0 Å². The zero-order chi connectivity index (χ0) is 11.2. The Morgan fingerprint density at radius 1 is 1.38 bits per heavy atom. The fourth-order valence-corrected chi connectivity index (χ4v) is 2.03. The van der Waals surface area contributed by atoms with E-state index >= 15 is 0 Å². The van der Waals surface area contributed by atoms with E-state index in [0.717, 1.165) is 23.0 Å². The smallest absolute Gasteiger partial charge is 0.249 e. The Balaban J connectivity index is 1.89. The van der Waals surface area contributed by atoms with Crippen molar-refractivity contribution in [2.24, 2.45) is 4.99 Å². The number of aliphatic imine (C=N–C) groups is 1. The Kier molecular flexibility index (Phi) is 3.77. The van der Waals surface area contributed by atoms with Crippen LogP contribution in [0.3, 0.4) is 0 Å². The molecule has 3 nitrogen and oxygen atoms in total. The minimum absolute atomic E-state index is 0.128. The molecule has 0 aliphatic carbocycles. The fraction of sp³-hybridized carbons (Fsp3) is 0.167. The summed E-state index contributed by atoms with van der Waals surface area (Å²) in [7, 11) is 0. The average Bonchev–Trinajstić information content (AvgIpc) is 2.81. The lowest BCUT2D eigenvalue weighted by Gasteiger charge is -1.98. The molecular formula is C12H12N2OS. The molecule has 0 spiro atoms. The van der Waals surface area contributed by atoms with Crippen LogP contribution < -0.4 is 5.32 Å². The number of thioether (sulfide) groups is 1. The van der Waals surface area contributed by atoms with Crippen LogP contribution in [0.1, 0.15) is 5.56 Å². The highest BCUT2D eigenvalue weighted by Crippen LogP contribution is 2.08. The molecule has 0 atom stereocenters. The monoisotopic (exact) mass is 232 g/mol. The Morgan fingerprint density at radius 2 is 2.19 bits per heavy atom. The van der Waals surface area contributed by atoms with Crippen LogP contribution in [0.5, 0.6) is 0 Å². The minimum atomic E-state index is -0.128. The molecule has 0 bridgehead atoms. The van der Waals surface area contributed by atoms with Crippen LogP contribution in [-0.2, 0) is 4.79 Å². The number of hydrogen-bond acceptors (Lipinski definition) is 3. The van der Waals surface area contributed by atoms with Gasteiger partial charge in [-0.1, -0.05) is 42.1 Å². The molecule has 4 heteroatoms. The average molecular weight is 232 g/mol. The lowest BCUT2D eigenvalue weighted by atomic mass is 10.2.